The molecule has 2 aromatic rings. The molecule has 1 heterocycles. The van der Waals surface area contributed by atoms with Gasteiger partial charge in [-0.05, 0) is 30.7 Å². The van der Waals surface area contributed by atoms with E-state index in [2.05, 4.69) is 10.3 Å². The van der Waals surface area contributed by atoms with Crippen molar-refractivity contribution < 1.29 is 29.6 Å². The second kappa shape index (κ2) is 8.91. The Morgan fingerprint density at radius 2 is 1.81 bits per heavy atom. The van der Waals surface area contributed by atoms with Crippen molar-refractivity contribution in [2.24, 2.45) is 0 Å². The molecule has 0 bridgehead atoms. The lowest BCUT2D eigenvalue weighted by Crippen LogP contribution is -2.21. The van der Waals surface area contributed by atoms with Crippen molar-refractivity contribution in [3.8, 4) is 23.0 Å². The van der Waals surface area contributed by atoms with Crippen LogP contribution in [0.15, 0.2) is 24.4 Å². The Labute approximate surface area is 156 Å². The molecule has 4 N–H and O–H groups in total. The number of aryl methyl sites for hydroxylation is 1. The number of benzene rings is 1. The first-order chi connectivity index (χ1) is 12.9. The first-order valence-corrected chi connectivity index (χ1v) is 8.09. The van der Waals surface area contributed by atoms with Crippen molar-refractivity contribution in [3.05, 3.63) is 46.8 Å². The molecule has 2 rings (SSSR count). The van der Waals surface area contributed by atoms with Gasteiger partial charge in [-0.3, -0.25) is 9.78 Å². The van der Waals surface area contributed by atoms with Crippen molar-refractivity contribution in [3.63, 3.8) is 0 Å². The van der Waals surface area contributed by atoms with E-state index in [-0.39, 0.29) is 36.1 Å². The molecule has 0 saturated carbocycles. The Hall–Kier alpha value is -3.26. The molecule has 0 aliphatic rings. The van der Waals surface area contributed by atoms with Crippen LogP contribution in [0.1, 0.15) is 22.4 Å². The maximum atomic E-state index is 12.1. The fourth-order valence-corrected chi connectivity index (χ4v) is 2.43. The fraction of sp³-hybridized carbons (Fsp3) is 0.263. The molecule has 0 radical (unpaired) electrons. The maximum Gasteiger partial charge on any atom is 0.244 e. The van der Waals surface area contributed by atoms with Crippen molar-refractivity contribution in [2.75, 3.05) is 14.2 Å². The van der Waals surface area contributed by atoms with Crippen LogP contribution in [0.2, 0.25) is 0 Å². The third kappa shape index (κ3) is 4.68. The number of aliphatic hydroxyl groups is 1. The van der Waals surface area contributed by atoms with E-state index < -0.39 is 5.91 Å². The molecule has 144 valence electrons. The number of amides is 1. The number of aromatic nitrogens is 1. The summed E-state index contributed by atoms with van der Waals surface area (Å²) in [4.78, 5) is 16.1. The average molecular weight is 374 g/mol. The number of rotatable bonds is 7. The summed E-state index contributed by atoms with van der Waals surface area (Å²) in [6, 6.07) is 3.12. The van der Waals surface area contributed by atoms with Gasteiger partial charge in [0.05, 0.1) is 26.5 Å². The number of aromatic hydroxyl groups is 2. The van der Waals surface area contributed by atoms with E-state index in [1.165, 1.54) is 32.6 Å². The molecule has 1 aromatic carbocycles. The molecule has 1 amide bonds. The number of carbonyl (C=O) groups is 1. The van der Waals surface area contributed by atoms with Crippen LogP contribution >= 0.6 is 0 Å². The summed E-state index contributed by atoms with van der Waals surface area (Å²) >= 11 is 0. The molecule has 0 aliphatic carbocycles. The van der Waals surface area contributed by atoms with E-state index in [1.807, 2.05) is 0 Å². The molecule has 0 unspecified atom stereocenters. The standard InChI is InChI=1S/C19H22N2O6/c1-11-18(24)14(13(10-22)8-20-11)9-21-17(23)5-4-12-6-15(26-2)19(25)16(7-12)27-3/h4-8,22,24-25H,9-10H2,1-3H3,(H,21,23)/b5-4+. The van der Waals surface area contributed by atoms with Crippen LogP contribution in [0.4, 0.5) is 0 Å². The quantitative estimate of drug-likeness (QED) is 0.544. The summed E-state index contributed by atoms with van der Waals surface area (Å²) in [5, 5.41) is 32.0. The van der Waals surface area contributed by atoms with Crippen molar-refractivity contribution >= 4 is 12.0 Å². The van der Waals surface area contributed by atoms with Crippen LogP contribution in [-0.2, 0) is 17.9 Å². The summed E-state index contributed by atoms with van der Waals surface area (Å²) in [5.74, 6) is -0.141. The highest BCUT2D eigenvalue weighted by atomic mass is 16.5. The number of aliphatic hydroxyl groups excluding tert-OH is 1. The van der Waals surface area contributed by atoms with E-state index in [1.54, 1.807) is 19.1 Å². The van der Waals surface area contributed by atoms with Gasteiger partial charge in [-0.15, -0.1) is 0 Å². The molecule has 0 saturated heterocycles. The average Bonchev–Trinajstić information content (AvgIpc) is 2.68. The van der Waals surface area contributed by atoms with Crippen LogP contribution in [0.3, 0.4) is 0 Å². The zero-order valence-electron chi connectivity index (χ0n) is 15.3. The van der Waals surface area contributed by atoms with E-state index in [4.69, 9.17) is 9.47 Å². The molecular weight excluding hydrogens is 352 g/mol. The normalized spacial score (nSPS) is 10.8. The predicted molar refractivity (Wildman–Crippen MR) is 98.7 cm³/mol. The summed E-state index contributed by atoms with van der Waals surface area (Å²) in [6.07, 6.45) is 4.29. The van der Waals surface area contributed by atoms with Gasteiger partial charge in [0, 0.05) is 29.9 Å². The van der Waals surface area contributed by atoms with Gasteiger partial charge in [0.15, 0.2) is 11.5 Å². The highest BCUT2D eigenvalue weighted by Crippen LogP contribution is 2.37. The Morgan fingerprint density at radius 1 is 1.19 bits per heavy atom. The van der Waals surface area contributed by atoms with Gasteiger partial charge in [-0.1, -0.05) is 0 Å². The van der Waals surface area contributed by atoms with Crippen LogP contribution < -0.4 is 14.8 Å². The third-order valence-corrected chi connectivity index (χ3v) is 3.97. The zero-order valence-corrected chi connectivity index (χ0v) is 15.3. The lowest BCUT2D eigenvalue weighted by atomic mass is 10.1. The molecular formula is C19H22N2O6. The predicted octanol–water partition coefficient (Wildman–Crippen LogP) is 1.64. The number of nitrogens with one attached hydrogen (secondary N) is 1. The first kappa shape index (κ1) is 20.1. The Balaban J connectivity index is 2.12. The maximum absolute atomic E-state index is 12.1. The van der Waals surface area contributed by atoms with Crippen LogP contribution in [-0.4, -0.2) is 40.4 Å². The number of hydrogen-bond donors (Lipinski definition) is 4. The summed E-state index contributed by atoms with van der Waals surface area (Å²) < 4.78 is 10.1. The smallest absolute Gasteiger partial charge is 0.244 e. The number of nitrogens with zero attached hydrogens (tertiary/aromatic N) is 1. The van der Waals surface area contributed by atoms with Crippen LogP contribution in [0, 0.1) is 6.92 Å². The van der Waals surface area contributed by atoms with Crippen molar-refractivity contribution in [2.45, 2.75) is 20.1 Å². The summed E-state index contributed by atoms with van der Waals surface area (Å²) in [6.45, 7) is 1.37. The number of carbonyl (C=O) groups excluding carboxylic acids is 1. The number of phenols is 1. The molecule has 0 atom stereocenters. The zero-order chi connectivity index (χ0) is 20.0. The Morgan fingerprint density at radius 3 is 2.37 bits per heavy atom. The van der Waals surface area contributed by atoms with Gasteiger partial charge in [-0.2, -0.15) is 0 Å². The lowest BCUT2D eigenvalue weighted by molar-refractivity contribution is -0.116. The van der Waals surface area contributed by atoms with E-state index in [9.17, 15) is 20.1 Å². The van der Waals surface area contributed by atoms with Gasteiger partial charge in [0.2, 0.25) is 11.7 Å². The SMILES string of the molecule is COc1cc(/C=C/C(=O)NCc2c(CO)cnc(C)c2O)cc(OC)c1O. The molecule has 8 heteroatoms. The molecule has 8 nitrogen and oxygen atoms in total. The summed E-state index contributed by atoms with van der Waals surface area (Å²) in [7, 11) is 2.83. The molecule has 0 aliphatic heterocycles. The van der Waals surface area contributed by atoms with Gasteiger partial charge < -0.3 is 30.1 Å². The monoisotopic (exact) mass is 374 g/mol. The highest BCUT2D eigenvalue weighted by molar-refractivity contribution is 5.91. The largest absolute Gasteiger partial charge is 0.506 e. The Kier molecular flexibility index (Phi) is 6.62. The highest BCUT2D eigenvalue weighted by Gasteiger charge is 2.12. The number of hydrogen-bond acceptors (Lipinski definition) is 7. The minimum atomic E-state index is -0.404. The molecule has 27 heavy (non-hydrogen) atoms. The summed E-state index contributed by atoms with van der Waals surface area (Å²) in [5.41, 5.74) is 1.86. The van der Waals surface area contributed by atoms with Gasteiger partial charge >= 0.3 is 0 Å². The number of phenolic OH excluding ortho intramolecular Hbond substituents is 1. The van der Waals surface area contributed by atoms with Gasteiger partial charge in [0.25, 0.3) is 0 Å². The van der Waals surface area contributed by atoms with Crippen LogP contribution in [0.25, 0.3) is 6.08 Å². The third-order valence-electron chi connectivity index (χ3n) is 3.97. The minimum Gasteiger partial charge on any atom is -0.506 e. The van der Waals surface area contributed by atoms with E-state index in [0.717, 1.165) is 0 Å². The second-order valence-corrected chi connectivity index (χ2v) is 5.68. The molecule has 0 fully saturated rings. The van der Waals surface area contributed by atoms with Crippen LogP contribution in [0.5, 0.6) is 23.0 Å². The topological polar surface area (TPSA) is 121 Å². The number of methoxy groups -OCH3 is 2. The van der Waals surface area contributed by atoms with Gasteiger partial charge in [-0.25, -0.2) is 0 Å². The Bertz CT molecular complexity index is 839. The first-order valence-electron chi connectivity index (χ1n) is 8.09. The van der Waals surface area contributed by atoms with Crippen molar-refractivity contribution in [1.82, 2.24) is 10.3 Å². The van der Waals surface area contributed by atoms with E-state index in [0.29, 0.717) is 22.4 Å². The molecule has 1 aromatic heterocycles. The number of ether oxygens (including phenoxy) is 2. The second-order valence-electron chi connectivity index (χ2n) is 5.68. The minimum absolute atomic E-state index is 0.0382. The van der Waals surface area contributed by atoms with Gasteiger partial charge in [0.1, 0.15) is 5.75 Å². The fourth-order valence-electron chi connectivity index (χ4n) is 2.43. The lowest BCUT2D eigenvalue weighted by Gasteiger charge is -2.11. The van der Waals surface area contributed by atoms with Crippen molar-refractivity contribution in [1.29, 1.82) is 0 Å². The molecule has 0 spiro atoms. The van der Waals surface area contributed by atoms with E-state index >= 15 is 0 Å². The number of pyridine rings is 1.